The maximum atomic E-state index is 14.6. The van der Waals surface area contributed by atoms with Crippen molar-refractivity contribution in [3.05, 3.63) is 41.2 Å². The van der Waals surface area contributed by atoms with Gasteiger partial charge in [0.05, 0.1) is 12.9 Å². The standard InChI is InChI=1S/C15H18B3F2NO3/c1-2-24-4-3-8-5-9(19)11(10(20)6-8)14(16)7-15(17,18)13(23)21-12(14)22/h3-6H,2,7,16-18H2,1H3,(H,21,22,23)/b4-3+. The van der Waals surface area contributed by atoms with Gasteiger partial charge in [-0.25, -0.2) is 8.78 Å². The quantitative estimate of drug-likeness (QED) is 0.448. The third kappa shape index (κ3) is 3.25. The van der Waals surface area contributed by atoms with Crippen molar-refractivity contribution in [3.63, 3.8) is 0 Å². The molecule has 1 aliphatic rings. The van der Waals surface area contributed by atoms with Crippen LogP contribution in [0.3, 0.4) is 0 Å². The maximum absolute atomic E-state index is 14.6. The van der Waals surface area contributed by atoms with Gasteiger partial charge >= 0.3 is 0 Å². The molecule has 1 saturated heterocycles. The van der Waals surface area contributed by atoms with E-state index in [1.807, 2.05) is 0 Å². The summed E-state index contributed by atoms with van der Waals surface area (Å²) in [5, 5.41) is -0.148. The lowest BCUT2D eigenvalue weighted by Crippen LogP contribution is -2.59. The van der Waals surface area contributed by atoms with E-state index in [4.69, 9.17) is 4.74 Å². The Morgan fingerprint density at radius 3 is 2.33 bits per heavy atom. The zero-order chi connectivity index (χ0) is 18.1. The first-order valence-corrected chi connectivity index (χ1v) is 7.75. The van der Waals surface area contributed by atoms with Gasteiger partial charge in [0.25, 0.3) is 0 Å². The van der Waals surface area contributed by atoms with Crippen molar-refractivity contribution in [2.45, 2.75) is 23.9 Å². The molecule has 4 nitrogen and oxygen atoms in total. The summed E-state index contributed by atoms with van der Waals surface area (Å²) in [5.41, 5.74) is -0.0357. The van der Waals surface area contributed by atoms with Crippen LogP contribution in [-0.2, 0) is 19.6 Å². The first kappa shape index (κ1) is 18.3. The van der Waals surface area contributed by atoms with Gasteiger partial charge in [-0.3, -0.25) is 14.9 Å². The molecule has 1 unspecified atom stereocenters. The monoisotopic (exact) mass is 331 g/mol. The van der Waals surface area contributed by atoms with Gasteiger partial charge in [0.1, 0.15) is 35.2 Å². The summed E-state index contributed by atoms with van der Waals surface area (Å²) in [6, 6.07) is 2.30. The molecule has 1 atom stereocenters. The minimum absolute atomic E-state index is 0.0205. The Kier molecular flexibility index (Phi) is 4.92. The predicted molar refractivity (Wildman–Crippen MR) is 94.8 cm³/mol. The number of carbonyl (C=O) groups excluding carboxylic acids is 2. The van der Waals surface area contributed by atoms with Crippen molar-refractivity contribution >= 4 is 41.4 Å². The minimum Gasteiger partial charge on any atom is -0.501 e. The third-order valence-corrected chi connectivity index (χ3v) is 4.28. The van der Waals surface area contributed by atoms with Gasteiger partial charge < -0.3 is 4.74 Å². The molecule has 1 N–H and O–H groups in total. The molecule has 0 saturated carbocycles. The van der Waals surface area contributed by atoms with E-state index in [0.29, 0.717) is 6.61 Å². The Morgan fingerprint density at radius 1 is 1.21 bits per heavy atom. The van der Waals surface area contributed by atoms with Gasteiger partial charge in [-0.1, -0.05) is 0 Å². The highest BCUT2D eigenvalue weighted by Crippen LogP contribution is 2.41. The molecule has 1 heterocycles. The SMILES string of the molecule is BC1(B)CC(B)(c2c(F)cc(/C=C/OCC)cc2F)C(=O)NC1=O. The number of benzene rings is 1. The average molecular weight is 331 g/mol. The lowest BCUT2D eigenvalue weighted by Gasteiger charge is -2.41. The van der Waals surface area contributed by atoms with E-state index < -0.39 is 34.0 Å². The number of halogens is 2. The lowest BCUT2D eigenvalue weighted by molar-refractivity contribution is -0.136. The number of carbonyl (C=O) groups is 2. The second kappa shape index (κ2) is 6.45. The first-order valence-electron chi connectivity index (χ1n) is 7.75. The van der Waals surface area contributed by atoms with Crippen molar-refractivity contribution in [3.8, 4) is 0 Å². The highest BCUT2D eigenvalue weighted by Gasteiger charge is 2.50. The van der Waals surface area contributed by atoms with Gasteiger partial charge in [0, 0.05) is 10.9 Å². The number of hydrogen-bond donors (Lipinski definition) is 1. The topological polar surface area (TPSA) is 55.4 Å². The Bertz CT molecular complexity index is 701. The average Bonchev–Trinajstić information content (AvgIpc) is 2.44. The van der Waals surface area contributed by atoms with E-state index >= 15 is 0 Å². The van der Waals surface area contributed by atoms with E-state index in [2.05, 4.69) is 5.32 Å². The summed E-state index contributed by atoms with van der Waals surface area (Å²) >= 11 is 0. The molecule has 0 bridgehead atoms. The molecule has 2 rings (SSSR count). The van der Waals surface area contributed by atoms with Crippen LogP contribution >= 0.6 is 0 Å². The molecular formula is C15H18B3F2NO3. The summed E-state index contributed by atoms with van der Waals surface area (Å²) in [5.74, 6) is -2.79. The van der Waals surface area contributed by atoms with E-state index in [1.165, 1.54) is 20.2 Å². The number of ether oxygens (including phenoxy) is 1. The fourth-order valence-corrected chi connectivity index (χ4v) is 3.10. The van der Waals surface area contributed by atoms with Crippen LogP contribution < -0.4 is 5.32 Å². The molecule has 0 aliphatic carbocycles. The number of amides is 2. The zero-order valence-corrected chi connectivity index (χ0v) is 14.2. The number of imide groups is 1. The van der Waals surface area contributed by atoms with Gasteiger partial charge in [-0.15, -0.1) is 0 Å². The second-order valence-electron chi connectivity index (χ2n) is 6.79. The van der Waals surface area contributed by atoms with Gasteiger partial charge in [0.15, 0.2) is 0 Å². The van der Waals surface area contributed by atoms with Crippen LogP contribution in [0, 0.1) is 11.6 Å². The second-order valence-corrected chi connectivity index (χ2v) is 6.79. The number of nitrogens with one attached hydrogen (secondary N) is 1. The van der Waals surface area contributed by atoms with Crippen LogP contribution in [0.5, 0.6) is 0 Å². The van der Waals surface area contributed by atoms with E-state index in [9.17, 15) is 18.4 Å². The Hall–Kier alpha value is -2.05. The summed E-state index contributed by atoms with van der Waals surface area (Å²) < 4.78 is 34.2. The number of hydrogen-bond acceptors (Lipinski definition) is 3. The fourth-order valence-electron chi connectivity index (χ4n) is 3.10. The largest absolute Gasteiger partial charge is 0.501 e. The molecule has 1 aromatic rings. The van der Waals surface area contributed by atoms with Crippen LogP contribution in [0.25, 0.3) is 6.08 Å². The maximum Gasteiger partial charge on any atom is 0.229 e. The molecule has 2 amide bonds. The van der Waals surface area contributed by atoms with Crippen LogP contribution in [0.2, 0.25) is 5.21 Å². The summed E-state index contributed by atoms with van der Waals surface area (Å²) in [4.78, 5) is 24.2. The number of piperidine rings is 1. The Balaban J connectivity index is 2.47. The highest BCUT2D eigenvalue weighted by molar-refractivity contribution is 6.53. The third-order valence-electron chi connectivity index (χ3n) is 4.28. The summed E-state index contributed by atoms with van der Waals surface area (Å²) in [6.07, 6.45) is 2.81. The molecule has 24 heavy (non-hydrogen) atoms. The van der Waals surface area contributed by atoms with Gasteiger partial charge in [-0.2, -0.15) is 0 Å². The van der Waals surface area contributed by atoms with E-state index in [0.717, 1.165) is 12.1 Å². The molecule has 124 valence electrons. The normalized spacial score (nSPS) is 23.3. The molecule has 0 radical (unpaired) electrons. The molecule has 1 aliphatic heterocycles. The summed E-state index contributed by atoms with van der Waals surface area (Å²) in [7, 11) is 4.73. The molecule has 9 heteroatoms. The fraction of sp³-hybridized carbons (Fsp3) is 0.333. The molecule has 0 spiro atoms. The highest BCUT2D eigenvalue weighted by atomic mass is 19.1. The molecular weight excluding hydrogens is 313 g/mol. The van der Waals surface area contributed by atoms with Crippen molar-refractivity contribution < 1.29 is 23.1 Å². The lowest BCUT2D eigenvalue weighted by atomic mass is 9.42. The van der Waals surface area contributed by atoms with Crippen LogP contribution in [0.4, 0.5) is 8.78 Å². The van der Waals surface area contributed by atoms with Crippen LogP contribution in [-0.4, -0.2) is 42.0 Å². The van der Waals surface area contributed by atoms with Crippen LogP contribution in [0.1, 0.15) is 24.5 Å². The summed E-state index contributed by atoms with van der Waals surface area (Å²) in [6.45, 7) is 2.24. The van der Waals surface area contributed by atoms with Crippen LogP contribution in [0.15, 0.2) is 18.4 Å². The molecule has 1 aromatic carbocycles. The van der Waals surface area contributed by atoms with Crippen molar-refractivity contribution in [1.29, 1.82) is 0 Å². The number of rotatable bonds is 4. The smallest absolute Gasteiger partial charge is 0.229 e. The predicted octanol–water partition coefficient (Wildman–Crippen LogP) is -0.771. The van der Waals surface area contributed by atoms with Crippen molar-refractivity contribution in [2.75, 3.05) is 6.61 Å². The molecule has 1 fully saturated rings. The minimum atomic E-state index is -1.46. The van der Waals surface area contributed by atoms with Crippen molar-refractivity contribution in [2.24, 2.45) is 0 Å². The molecule has 0 aromatic heterocycles. The van der Waals surface area contributed by atoms with Gasteiger partial charge in [0.2, 0.25) is 11.8 Å². The van der Waals surface area contributed by atoms with Crippen molar-refractivity contribution in [1.82, 2.24) is 5.32 Å². The van der Waals surface area contributed by atoms with Gasteiger partial charge in [-0.05, 0) is 42.3 Å². The Morgan fingerprint density at radius 2 is 1.79 bits per heavy atom. The van der Waals surface area contributed by atoms with E-state index in [-0.39, 0.29) is 17.5 Å². The van der Waals surface area contributed by atoms with E-state index in [1.54, 1.807) is 22.6 Å². The zero-order valence-electron chi connectivity index (χ0n) is 14.2. The Labute approximate surface area is 142 Å². The first-order chi connectivity index (χ1) is 11.1.